The molecule has 0 bridgehead atoms. The second-order valence-electron chi connectivity index (χ2n) is 3.39. The van der Waals surface area contributed by atoms with Gasteiger partial charge < -0.3 is 10.6 Å². The highest BCUT2D eigenvalue weighted by Crippen LogP contribution is 2.25. The summed E-state index contributed by atoms with van der Waals surface area (Å²) in [6.07, 6.45) is 3.18. The SMILES string of the molecule is CCNC(=O)[C@H]1CC[C@@H](NC)C1. The summed E-state index contributed by atoms with van der Waals surface area (Å²) < 4.78 is 0. The summed E-state index contributed by atoms with van der Waals surface area (Å²) in [5.74, 6) is 0.484. The molecule has 0 saturated heterocycles. The lowest BCUT2D eigenvalue weighted by Gasteiger charge is -2.09. The molecule has 0 unspecified atom stereocenters. The van der Waals surface area contributed by atoms with Gasteiger partial charge in [0, 0.05) is 18.5 Å². The van der Waals surface area contributed by atoms with Gasteiger partial charge in [0.2, 0.25) is 5.91 Å². The van der Waals surface area contributed by atoms with Crippen LogP contribution in [0, 0.1) is 5.92 Å². The fourth-order valence-electron chi connectivity index (χ4n) is 1.80. The summed E-state index contributed by atoms with van der Waals surface area (Å²) in [5, 5.41) is 6.08. The highest BCUT2D eigenvalue weighted by atomic mass is 16.1. The Labute approximate surface area is 73.9 Å². The summed E-state index contributed by atoms with van der Waals surface area (Å²) in [4.78, 5) is 11.4. The number of hydrogen-bond donors (Lipinski definition) is 2. The van der Waals surface area contributed by atoms with Gasteiger partial charge in [0.25, 0.3) is 0 Å². The standard InChI is InChI=1S/C9H18N2O/c1-3-11-9(12)7-4-5-8(6-7)10-2/h7-8,10H,3-6H2,1-2H3,(H,11,12)/t7-,8+/m0/s1. The van der Waals surface area contributed by atoms with Gasteiger partial charge >= 0.3 is 0 Å². The first-order valence-electron chi connectivity index (χ1n) is 4.73. The first-order valence-corrected chi connectivity index (χ1v) is 4.73. The van der Waals surface area contributed by atoms with Crippen molar-refractivity contribution in [2.75, 3.05) is 13.6 Å². The Kier molecular flexibility index (Phi) is 3.53. The maximum absolute atomic E-state index is 11.4. The topological polar surface area (TPSA) is 41.1 Å². The van der Waals surface area contributed by atoms with Gasteiger partial charge in [0.1, 0.15) is 0 Å². The first-order chi connectivity index (χ1) is 5.77. The molecule has 2 N–H and O–H groups in total. The lowest BCUT2D eigenvalue weighted by molar-refractivity contribution is -0.124. The molecule has 3 nitrogen and oxygen atoms in total. The van der Waals surface area contributed by atoms with Crippen molar-refractivity contribution in [3.8, 4) is 0 Å². The molecule has 0 aromatic heterocycles. The van der Waals surface area contributed by atoms with E-state index in [1.807, 2.05) is 14.0 Å². The van der Waals surface area contributed by atoms with Crippen molar-refractivity contribution in [2.24, 2.45) is 5.92 Å². The average Bonchev–Trinajstić information content (AvgIpc) is 2.52. The molecule has 1 amide bonds. The third-order valence-electron chi connectivity index (χ3n) is 2.56. The molecule has 1 aliphatic rings. The van der Waals surface area contributed by atoms with Gasteiger partial charge in [-0.1, -0.05) is 0 Å². The maximum atomic E-state index is 11.4. The normalized spacial score (nSPS) is 28.8. The predicted molar refractivity (Wildman–Crippen MR) is 48.9 cm³/mol. The minimum absolute atomic E-state index is 0.232. The Bertz CT molecular complexity index is 159. The van der Waals surface area contributed by atoms with Gasteiger partial charge in [-0.2, -0.15) is 0 Å². The maximum Gasteiger partial charge on any atom is 0.223 e. The van der Waals surface area contributed by atoms with Crippen molar-refractivity contribution in [3.63, 3.8) is 0 Å². The van der Waals surface area contributed by atoms with Gasteiger partial charge in [-0.15, -0.1) is 0 Å². The molecule has 70 valence electrons. The van der Waals surface area contributed by atoms with Crippen molar-refractivity contribution >= 4 is 5.91 Å². The highest BCUT2D eigenvalue weighted by Gasteiger charge is 2.28. The zero-order chi connectivity index (χ0) is 8.97. The molecule has 0 aliphatic heterocycles. The van der Waals surface area contributed by atoms with Gasteiger partial charge in [-0.05, 0) is 33.2 Å². The smallest absolute Gasteiger partial charge is 0.223 e. The van der Waals surface area contributed by atoms with E-state index in [4.69, 9.17) is 0 Å². The van der Waals surface area contributed by atoms with Gasteiger partial charge in [-0.3, -0.25) is 4.79 Å². The van der Waals surface area contributed by atoms with Crippen molar-refractivity contribution < 1.29 is 4.79 Å². The second-order valence-corrected chi connectivity index (χ2v) is 3.39. The van der Waals surface area contributed by atoms with E-state index in [1.54, 1.807) is 0 Å². The van der Waals surface area contributed by atoms with E-state index in [0.29, 0.717) is 6.04 Å². The minimum Gasteiger partial charge on any atom is -0.356 e. The van der Waals surface area contributed by atoms with Crippen LogP contribution in [0.5, 0.6) is 0 Å². The van der Waals surface area contributed by atoms with Gasteiger partial charge in [-0.25, -0.2) is 0 Å². The Morgan fingerprint density at radius 2 is 2.25 bits per heavy atom. The fraction of sp³-hybridized carbons (Fsp3) is 0.889. The summed E-state index contributed by atoms with van der Waals surface area (Å²) >= 11 is 0. The highest BCUT2D eigenvalue weighted by molar-refractivity contribution is 5.78. The van der Waals surface area contributed by atoms with E-state index in [0.717, 1.165) is 25.8 Å². The summed E-state index contributed by atoms with van der Waals surface area (Å²) in [6, 6.07) is 0.553. The first kappa shape index (κ1) is 9.52. The van der Waals surface area contributed by atoms with Crippen LogP contribution in [0.4, 0.5) is 0 Å². The molecule has 0 spiro atoms. The Balaban J connectivity index is 2.31. The van der Waals surface area contributed by atoms with E-state index in [-0.39, 0.29) is 11.8 Å². The van der Waals surface area contributed by atoms with Crippen LogP contribution in [-0.2, 0) is 4.79 Å². The van der Waals surface area contributed by atoms with Crippen LogP contribution in [0.3, 0.4) is 0 Å². The molecule has 0 radical (unpaired) electrons. The van der Waals surface area contributed by atoms with Crippen molar-refractivity contribution in [3.05, 3.63) is 0 Å². The number of amides is 1. The van der Waals surface area contributed by atoms with Crippen molar-refractivity contribution in [1.82, 2.24) is 10.6 Å². The molecule has 12 heavy (non-hydrogen) atoms. The molecule has 1 saturated carbocycles. The minimum atomic E-state index is 0.232. The van der Waals surface area contributed by atoms with E-state index in [2.05, 4.69) is 10.6 Å². The molecule has 0 heterocycles. The molecule has 2 atom stereocenters. The van der Waals surface area contributed by atoms with E-state index in [9.17, 15) is 4.79 Å². The summed E-state index contributed by atoms with van der Waals surface area (Å²) in [7, 11) is 1.96. The number of carbonyl (C=O) groups excluding carboxylic acids is 1. The predicted octanol–water partition coefficient (Wildman–Crippen LogP) is 0.511. The molecule has 3 heteroatoms. The molecule has 0 aromatic rings. The van der Waals surface area contributed by atoms with Gasteiger partial charge in [0.15, 0.2) is 0 Å². The van der Waals surface area contributed by atoms with E-state index in [1.165, 1.54) is 0 Å². The van der Waals surface area contributed by atoms with Crippen LogP contribution in [0.15, 0.2) is 0 Å². The lowest BCUT2D eigenvalue weighted by atomic mass is 10.1. The quantitative estimate of drug-likeness (QED) is 0.648. The van der Waals surface area contributed by atoms with Crippen LogP contribution in [0.25, 0.3) is 0 Å². The second kappa shape index (κ2) is 4.45. The third kappa shape index (κ3) is 2.21. The molecule has 1 fully saturated rings. The molecule has 0 aromatic carbocycles. The van der Waals surface area contributed by atoms with E-state index < -0.39 is 0 Å². The zero-order valence-electron chi connectivity index (χ0n) is 7.89. The summed E-state index contributed by atoms with van der Waals surface area (Å²) in [6.45, 7) is 2.71. The molecular weight excluding hydrogens is 152 g/mol. The molecular formula is C9H18N2O. The van der Waals surface area contributed by atoms with Crippen LogP contribution in [-0.4, -0.2) is 25.5 Å². The number of rotatable bonds is 3. The monoisotopic (exact) mass is 170 g/mol. The van der Waals surface area contributed by atoms with Gasteiger partial charge in [0.05, 0.1) is 0 Å². The molecule has 1 aliphatic carbocycles. The number of carbonyl (C=O) groups is 1. The average molecular weight is 170 g/mol. The van der Waals surface area contributed by atoms with Crippen molar-refractivity contribution in [2.45, 2.75) is 32.2 Å². The van der Waals surface area contributed by atoms with Crippen molar-refractivity contribution in [1.29, 1.82) is 0 Å². The Morgan fingerprint density at radius 1 is 1.50 bits per heavy atom. The molecule has 1 rings (SSSR count). The lowest BCUT2D eigenvalue weighted by Crippen LogP contribution is -2.30. The number of nitrogens with one attached hydrogen (secondary N) is 2. The Hall–Kier alpha value is -0.570. The zero-order valence-corrected chi connectivity index (χ0v) is 7.89. The van der Waals surface area contributed by atoms with Crippen LogP contribution < -0.4 is 10.6 Å². The largest absolute Gasteiger partial charge is 0.356 e. The fourth-order valence-corrected chi connectivity index (χ4v) is 1.80. The Morgan fingerprint density at radius 3 is 2.75 bits per heavy atom. The summed E-state index contributed by atoms with van der Waals surface area (Å²) in [5.41, 5.74) is 0. The third-order valence-corrected chi connectivity index (χ3v) is 2.56. The van der Waals surface area contributed by atoms with E-state index >= 15 is 0 Å². The van der Waals surface area contributed by atoms with Crippen LogP contribution in [0.1, 0.15) is 26.2 Å². The van der Waals surface area contributed by atoms with Crippen LogP contribution >= 0.6 is 0 Å². The number of hydrogen-bond acceptors (Lipinski definition) is 2. The van der Waals surface area contributed by atoms with Crippen LogP contribution in [0.2, 0.25) is 0 Å².